The van der Waals surface area contributed by atoms with Gasteiger partial charge in [-0.2, -0.15) is 0 Å². The number of carbonyl (C=O) groups is 2. The number of aromatic nitrogens is 1. The lowest BCUT2D eigenvalue weighted by molar-refractivity contribution is -0.123. The molecule has 0 saturated heterocycles. The molecule has 0 radical (unpaired) electrons. The molecule has 1 atom stereocenters. The highest BCUT2D eigenvalue weighted by molar-refractivity contribution is 5.94. The Balaban J connectivity index is 1.72. The van der Waals surface area contributed by atoms with Crippen LogP contribution >= 0.6 is 0 Å². The average molecular weight is 390 g/mol. The second kappa shape index (κ2) is 9.50. The number of hydrogen-bond donors (Lipinski definition) is 1. The third-order valence-electron chi connectivity index (χ3n) is 4.41. The van der Waals surface area contributed by atoms with Gasteiger partial charge in [-0.25, -0.2) is 0 Å². The number of ketones is 1. The molecule has 0 fully saturated rings. The van der Waals surface area contributed by atoms with E-state index >= 15 is 0 Å². The van der Waals surface area contributed by atoms with Crippen molar-refractivity contribution in [1.29, 1.82) is 0 Å². The summed E-state index contributed by atoms with van der Waals surface area (Å²) in [4.78, 5) is 28.2. The summed E-state index contributed by atoms with van der Waals surface area (Å²) >= 11 is 0. The van der Waals surface area contributed by atoms with Crippen LogP contribution in [0.15, 0.2) is 73.1 Å². The van der Waals surface area contributed by atoms with Gasteiger partial charge in [0.15, 0.2) is 23.9 Å². The highest BCUT2D eigenvalue weighted by atomic mass is 16.5. The van der Waals surface area contributed by atoms with Crippen molar-refractivity contribution in [2.75, 3.05) is 13.7 Å². The van der Waals surface area contributed by atoms with Gasteiger partial charge in [0.1, 0.15) is 0 Å². The minimum atomic E-state index is -0.322. The summed E-state index contributed by atoms with van der Waals surface area (Å²) < 4.78 is 10.9. The SMILES string of the molecule is COc1cc(C(C)=O)ccc1OCC(=O)NC(c1ccccc1)c1ccncc1. The number of ether oxygens (including phenoxy) is 2. The molecule has 6 nitrogen and oxygen atoms in total. The maximum Gasteiger partial charge on any atom is 0.258 e. The summed E-state index contributed by atoms with van der Waals surface area (Å²) in [5, 5.41) is 3.00. The van der Waals surface area contributed by atoms with E-state index in [1.54, 1.807) is 30.6 Å². The molecule has 3 aromatic rings. The molecule has 1 aromatic heterocycles. The molecule has 0 spiro atoms. The van der Waals surface area contributed by atoms with Crippen LogP contribution in [0.25, 0.3) is 0 Å². The van der Waals surface area contributed by atoms with Crippen LogP contribution in [0.4, 0.5) is 0 Å². The van der Waals surface area contributed by atoms with Crippen molar-refractivity contribution >= 4 is 11.7 Å². The number of pyridine rings is 1. The standard InChI is InChI=1S/C23H22N2O4/c1-16(26)19-8-9-20(21(14-19)28-2)29-15-22(27)25-23(17-6-4-3-5-7-17)18-10-12-24-13-11-18/h3-14,23H,15H2,1-2H3,(H,25,27). The summed E-state index contributed by atoms with van der Waals surface area (Å²) in [6.45, 7) is 1.29. The smallest absolute Gasteiger partial charge is 0.258 e. The number of amides is 1. The molecule has 2 aromatic carbocycles. The second-order valence-electron chi connectivity index (χ2n) is 6.40. The zero-order chi connectivity index (χ0) is 20.6. The Labute approximate surface area is 169 Å². The van der Waals surface area contributed by atoms with Crippen LogP contribution in [0.2, 0.25) is 0 Å². The van der Waals surface area contributed by atoms with Crippen molar-refractivity contribution in [3.8, 4) is 11.5 Å². The average Bonchev–Trinajstić information content (AvgIpc) is 2.77. The Hall–Kier alpha value is -3.67. The van der Waals surface area contributed by atoms with Crippen molar-refractivity contribution in [2.24, 2.45) is 0 Å². The maximum absolute atomic E-state index is 12.6. The fourth-order valence-electron chi connectivity index (χ4n) is 2.91. The van der Waals surface area contributed by atoms with E-state index < -0.39 is 0 Å². The van der Waals surface area contributed by atoms with Crippen molar-refractivity contribution in [3.05, 3.63) is 89.7 Å². The van der Waals surface area contributed by atoms with Gasteiger partial charge in [-0.15, -0.1) is 0 Å². The lowest BCUT2D eigenvalue weighted by atomic mass is 10.00. The predicted molar refractivity (Wildman–Crippen MR) is 109 cm³/mol. The Morgan fingerprint density at radius 2 is 1.66 bits per heavy atom. The van der Waals surface area contributed by atoms with E-state index in [0.717, 1.165) is 11.1 Å². The summed E-state index contributed by atoms with van der Waals surface area (Å²) in [7, 11) is 1.49. The van der Waals surface area contributed by atoms with Gasteiger partial charge in [-0.1, -0.05) is 30.3 Å². The molecular formula is C23H22N2O4. The first-order valence-electron chi connectivity index (χ1n) is 9.14. The van der Waals surface area contributed by atoms with Gasteiger partial charge in [0.2, 0.25) is 0 Å². The van der Waals surface area contributed by atoms with Crippen LogP contribution < -0.4 is 14.8 Å². The minimum absolute atomic E-state index is 0.0735. The van der Waals surface area contributed by atoms with Crippen LogP contribution in [-0.2, 0) is 4.79 Å². The number of nitrogens with zero attached hydrogens (tertiary/aromatic N) is 1. The Morgan fingerprint density at radius 3 is 2.31 bits per heavy atom. The van der Waals surface area contributed by atoms with Crippen LogP contribution in [0, 0.1) is 0 Å². The molecule has 0 saturated carbocycles. The van der Waals surface area contributed by atoms with Crippen LogP contribution in [0.5, 0.6) is 11.5 Å². The van der Waals surface area contributed by atoms with E-state index in [-0.39, 0.29) is 24.3 Å². The molecular weight excluding hydrogens is 368 g/mol. The van der Waals surface area contributed by atoms with Crippen LogP contribution in [0.3, 0.4) is 0 Å². The molecule has 148 valence electrons. The zero-order valence-corrected chi connectivity index (χ0v) is 16.3. The van der Waals surface area contributed by atoms with Gasteiger partial charge < -0.3 is 14.8 Å². The first kappa shape index (κ1) is 20.1. The summed E-state index contributed by atoms with van der Waals surface area (Å²) in [6, 6.07) is 17.9. The van der Waals surface area contributed by atoms with Gasteiger partial charge >= 0.3 is 0 Å². The second-order valence-corrected chi connectivity index (χ2v) is 6.40. The maximum atomic E-state index is 12.6. The number of carbonyl (C=O) groups excluding carboxylic acids is 2. The lowest BCUT2D eigenvalue weighted by Gasteiger charge is -2.20. The van der Waals surface area contributed by atoms with Crippen molar-refractivity contribution < 1.29 is 19.1 Å². The lowest BCUT2D eigenvalue weighted by Crippen LogP contribution is -2.33. The molecule has 0 aliphatic heterocycles. The summed E-state index contributed by atoms with van der Waals surface area (Å²) in [5.74, 6) is 0.441. The highest BCUT2D eigenvalue weighted by Gasteiger charge is 2.18. The number of methoxy groups -OCH3 is 1. The fraction of sp³-hybridized carbons (Fsp3) is 0.174. The molecule has 3 rings (SSSR count). The third-order valence-corrected chi connectivity index (χ3v) is 4.41. The highest BCUT2D eigenvalue weighted by Crippen LogP contribution is 2.28. The Bertz CT molecular complexity index is 935. The third kappa shape index (κ3) is 5.19. The number of Topliss-reactive ketones (excluding diaryl/α,β-unsaturated/α-hetero) is 1. The molecule has 6 heteroatoms. The first-order valence-corrected chi connectivity index (χ1v) is 9.14. The number of benzene rings is 2. The van der Waals surface area contributed by atoms with Gasteiger partial charge in [-0.05, 0) is 48.4 Å². The number of nitrogens with one attached hydrogen (secondary N) is 1. The van der Waals surface area contributed by atoms with Crippen molar-refractivity contribution in [1.82, 2.24) is 10.3 Å². The fourth-order valence-corrected chi connectivity index (χ4v) is 2.91. The van der Waals surface area contributed by atoms with Crippen molar-refractivity contribution in [3.63, 3.8) is 0 Å². The van der Waals surface area contributed by atoms with E-state index in [2.05, 4.69) is 10.3 Å². The van der Waals surface area contributed by atoms with E-state index in [4.69, 9.17) is 9.47 Å². The summed E-state index contributed by atoms with van der Waals surface area (Å²) in [6.07, 6.45) is 3.38. The minimum Gasteiger partial charge on any atom is -0.493 e. The van der Waals surface area contributed by atoms with Gasteiger partial charge in [0, 0.05) is 18.0 Å². The van der Waals surface area contributed by atoms with Gasteiger partial charge in [-0.3, -0.25) is 14.6 Å². The number of hydrogen-bond acceptors (Lipinski definition) is 5. The molecule has 29 heavy (non-hydrogen) atoms. The summed E-state index contributed by atoms with van der Waals surface area (Å²) in [5.41, 5.74) is 2.39. The van der Waals surface area contributed by atoms with Gasteiger partial charge in [0.25, 0.3) is 5.91 Å². The van der Waals surface area contributed by atoms with E-state index in [1.165, 1.54) is 14.0 Å². The molecule has 0 aliphatic rings. The normalized spacial score (nSPS) is 11.4. The van der Waals surface area contributed by atoms with E-state index in [9.17, 15) is 9.59 Å². The molecule has 0 aliphatic carbocycles. The largest absolute Gasteiger partial charge is 0.493 e. The molecule has 0 bridgehead atoms. The molecule has 1 heterocycles. The molecule has 1 N–H and O–H groups in total. The zero-order valence-electron chi connectivity index (χ0n) is 16.3. The van der Waals surface area contributed by atoms with Gasteiger partial charge in [0.05, 0.1) is 13.2 Å². The van der Waals surface area contributed by atoms with E-state index in [0.29, 0.717) is 17.1 Å². The van der Waals surface area contributed by atoms with E-state index in [1.807, 2.05) is 42.5 Å². The monoisotopic (exact) mass is 390 g/mol. The quantitative estimate of drug-likeness (QED) is 0.595. The predicted octanol–water partition coefficient (Wildman–Crippen LogP) is 3.58. The molecule has 1 amide bonds. The Kier molecular flexibility index (Phi) is 6.58. The number of rotatable bonds is 8. The van der Waals surface area contributed by atoms with Crippen molar-refractivity contribution in [2.45, 2.75) is 13.0 Å². The topological polar surface area (TPSA) is 77.5 Å². The molecule has 1 unspecified atom stereocenters. The van der Waals surface area contributed by atoms with Crippen LogP contribution in [0.1, 0.15) is 34.5 Å². The first-order chi connectivity index (χ1) is 14.1. The Morgan fingerprint density at radius 1 is 0.966 bits per heavy atom. The van der Waals surface area contributed by atoms with Crippen LogP contribution in [-0.4, -0.2) is 30.4 Å².